The first kappa shape index (κ1) is 13.4. The SMILES string of the molecule is CC1CCC(S(=O)(=O)C2CCCC(C)C2)CC1. The van der Waals surface area contributed by atoms with Gasteiger partial charge in [0.2, 0.25) is 0 Å². The van der Waals surface area contributed by atoms with Crippen molar-refractivity contribution in [3.8, 4) is 0 Å². The largest absolute Gasteiger partial charge is 0.228 e. The van der Waals surface area contributed by atoms with Gasteiger partial charge in [-0.3, -0.25) is 0 Å². The monoisotopic (exact) mass is 258 g/mol. The van der Waals surface area contributed by atoms with Gasteiger partial charge in [0.1, 0.15) is 0 Å². The number of rotatable bonds is 2. The van der Waals surface area contributed by atoms with Crippen molar-refractivity contribution in [2.45, 2.75) is 75.7 Å². The first-order valence-corrected chi connectivity index (χ1v) is 8.83. The van der Waals surface area contributed by atoms with Gasteiger partial charge in [-0.15, -0.1) is 0 Å². The Morgan fingerprint density at radius 3 is 2.00 bits per heavy atom. The van der Waals surface area contributed by atoms with Crippen molar-refractivity contribution in [1.82, 2.24) is 0 Å². The third-order valence-electron chi connectivity index (χ3n) is 4.78. The molecule has 0 saturated heterocycles. The minimum Gasteiger partial charge on any atom is -0.228 e. The molecular weight excluding hydrogens is 232 g/mol. The van der Waals surface area contributed by atoms with Gasteiger partial charge in [-0.2, -0.15) is 0 Å². The maximum Gasteiger partial charge on any atom is 0.156 e. The van der Waals surface area contributed by atoms with Gasteiger partial charge < -0.3 is 0 Å². The normalized spacial score (nSPS) is 40.1. The Morgan fingerprint density at radius 1 is 0.765 bits per heavy atom. The van der Waals surface area contributed by atoms with Crippen LogP contribution < -0.4 is 0 Å². The van der Waals surface area contributed by atoms with Crippen molar-refractivity contribution < 1.29 is 8.42 Å². The lowest BCUT2D eigenvalue weighted by Crippen LogP contribution is -2.37. The fourth-order valence-corrected chi connectivity index (χ4v) is 6.07. The zero-order chi connectivity index (χ0) is 12.5. The van der Waals surface area contributed by atoms with E-state index in [0.29, 0.717) is 5.92 Å². The third-order valence-corrected chi connectivity index (χ3v) is 7.54. The Bertz CT molecular complexity index is 339. The van der Waals surface area contributed by atoms with Crippen LogP contribution in [0, 0.1) is 11.8 Å². The molecule has 0 aromatic carbocycles. The van der Waals surface area contributed by atoms with Crippen molar-refractivity contribution in [3.05, 3.63) is 0 Å². The van der Waals surface area contributed by atoms with Crippen molar-refractivity contribution in [1.29, 1.82) is 0 Å². The number of hydrogen-bond acceptors (Lipinski definition) is 2. The summed E-state index contributed by atoms with van der Waals surface area (Å²) in [6.07, 6.45) is 8.18. The molecule has 0 radical (unpaired) electrons. The molecule has 0 aromatic rings. The minimum absolute atomic E-state index is 0.0194. The van der Waals surface area contributed by atoms with Crippen LogP contribution in [-0.2, 0) is 9.84 Å². The van der Waals surface area contributed by atoms with Gasteiger partial charge in [-0.1, -0.05) is 26.7 Å². The summed E-state index contributed by atoms with van der Waals surface area (Å²) in [6, 6.07) is 0. The second-order valence-corrected chi connectivity index (χ2v) is 8.88. The maximum absolute atomic E-state index is 12.6. The molecule has 2 aliphatic carbocycles. The quantitative estimate of drug-likeness (QED) is 0.759. The van der Waals surface area contributed by atoms with E-state index in [-0.39, 0.29) is 10.5 Å². The maximum atomic E-state index is 12.6. The zero-order valence-electron chi connectivity index (χ0n) is 11.2. The summed E-state index contributed by atoms with van der Waals surface area (Å²) in [7, 11) is -2.84. The van der Waals surface area contributed by atoms with Crippen LogP contribution in [0.25, 0.3) is 0 Å². The van der Waals surface area contributed by atoms with Crippen molar-refractivity contribution in [2.75, 3.05) is 0 Å². The molecule has 2 rings (SSSR count). The molecule has 2 saturated carbocycles. The summed E-state index contributed by atoms with van der Waals surface area (Å²) in [5.74, 6) is 1.33. The fourth-order valence-electron chi connectivity index (χ4n) is 3.51. The molecule has 0 aromatic heterocycles. The van der Waals surface area contributed by atoms with E-state index in [1.165, 1.54) is 6.42 Å². The van der Waals surface area contributed by atoms with E-state index in [4.69, 9.17) is 0 Å². The van der Waals surface area contributed by atoms with E-state index in [1.54, 1.807) is 0 Å². The van der Waals surface area contributed by atoms with Crippen LogP contribution in [0.2, 0.25) is 0 Å². The van der Waals surface area contributed by atoms with E-state index >= 15 is 0 Å². The summed E-state index contributed by atoms with van der Waals surface area (Å²) >= 11 is 0. The molecule has 0 N–H and O–H groups in total. The molecule has 0 amide bonds. The Kier molecular flexibility index (Phi) is 4.17. The molecule has 0 spiro atoms. The van der Waals surface area contributed by atoms with E-state index in [2.05, 4.69) is 13.8 Å². The molecule has 2 unspecified atom stereocenters. The summed E-state index contributed by atoms with van der Waals surface area (Å²) in [5, 5.41) is -0.0429. The predicted octanol–water partition coefficient (Wildman–Crippen LogP) is 3.56. The molecular formula is C14H26O2S. The fraction of sp³-hybridized carbons (Fsp3) is 1.00. The lowest BCUT2D eigenvalue weighted by Gasteiger charge is -2.33. The molecule has 2 nitrogen and oxygen atoms in total. The van der Waals surface area contributed by atoms with Crippen LogP contribution in [0.4, 0.5) is 0 Å². The van der Waals surface area contributed by atoms with E-state index in [9.17, 15) is 8.42 Å². The smallest absolute Gasteiger partial charge is 0.156 e. The van der Waals surface area contributed by atoms with Crippen molar-refractivity contribution in [3.63, 3.8) is 0 Å². The molecule has 2 fully saturated rings. The average molecular weight is 258 g/mol. The summed E-state index contributed by atoms with van der Waals surface area (Å²) in [6.45, 7) is 4.44. The molecule has 0 heterocycles. The zero-order valence-corrected chi connectivity index (χ0v) is 12.0. The highest BCUT2D eigenvalue weighted by molar-refractivity contribution is 7.92. The van der Waals surface area contributed by atoms with Gasteiger partial charge >= 0.3 is 0 Å². The molecule has 2 aliphatic rings. The lowest BCUT2D eigenvalue weighted by molar-refractivity contribution is 0.359. The van der Waals surface area contributed by atoms with Gasteiger partial charge in [0.25, 0.3) is 0 Å². The molecule has 3 heteroatoms. The minimum atomic E-state index is -2.84. The Labute approximate surface area is 106 Å². The lowest BCUT2D eigenvalue weighted by atomic mass is 9.90. The van der Waals surface area contributed by atoms with E-state index < -0.39 is 9.84 Å². The highest BCUT2D eigenvalue weighted by Crippen LogP contribution is 2.35. The van der Waals surface area contributed by atoms with Crippen LogP contribution in [0.1, 0.15) is 65.2 Å². The Balaban J connectivity index is 2.02. The van der Waals surface area contributed by atoms with Crippen LogP contribution in [0.3, 0.4) is 0 Å². The van der Waals surface area contributed by atoms with Crippen molar-refractivity contribution >= 4 is 9.84 Å². The van der Waals surface area contributed by atoms with E-state index in [0.717, 1.165) is 50.9 Å². The van der Waals surface area contributed by atoms with Gasteiger partial charge in [-0.25, -0.2) is 8.42 Å². The van der Waals surface area contributed by atoms with Crippen LogP contribution in [0.15, 0.2) is 0 Å². The van der Waals surface area contributed by atoms with Crippen LogP contribution in [-0.4, -0.2) is 18.9 Å². The van der Waals surface area contributed by atoms with E-state index in [1.807, 2.05) is 0 Å². The molecule has 0 aliphatic heterocycles. The molecule has 0 bridgehead atoms. The Hall–Kier alpha value is -0.0500. The summed E-state index contributed by atoms with van der Waals surface area (Å²) in [4.78, 5) is 0. The second kappa shape index (κ2) is 5.29. The summed E-state index contributed by atoms with van der Waals surface area (Å²) in [5.41, 5.74) is 0. The van der Waals surface area contributed by atoms with Gasteiger partial charge in [0.15, 0.2) is 9.84 Å². The van der Waals surface area contributed by atoms with Crippen LogP contribution >= 0.6 is 0 Å². The number of hydrogen-bond donors (Lipinski definition) is 0. The van der Waals surface area contributed by atoms with Gasteiger partial charge in [0, 0.05) is 0 Å². The standard InChI is InChI=1S/C14H26O2S/c1-11-6-8-13(9-7-11)17(15,16)14-5-3-4-12(2)10-14/h11-14H,3-10H2,1-2H3. The molecule has 100 valence electrons. The Morgan fingerprint density at radius 2 is 1.41 bits per heavy atom. The number of sulfone groups is 1. The van der Waals surface area contributed by atoms with Gasteiger partial charge in [-0.05, 0) is 50.4 Å². The highest BCUT2D eigenvalue weighted by Gasteiger charge is 2.37. The highest BCUT2D eigenvalue weighted by atomic mass is 32.2. The van der Waals surface area contributed by atoms with Crippen LogP contribution in [0.5, 0.6) is 0 Å². The third kappa shape index (κ3) is 3.04. The van der Waals surface area contributed by atoms with Crippen molar-refractivity contribution in [2.24, 2.45) is 11.8 Å². The first-order chi connectivity index (χ1) is 8.00. The first-order valence-electron chi connectivity index (χ1n) is 7.23. The molecule has 2 atom stereocenters. The topological polar surface area (TPSA) is 34.1 Å². The summed E-state index contributed by atoms with van der Waals surface area (Å²) < 4.78 is 25.2. The predicted molar refractivity (Wildman–Crippen MR) is 71.8 cm³/mol. The average Bonchev–Trinajstić information content (AvgIpc) is 2.29. The molecule has 17 heavy (non-hydrogen) atoms. The van der Waals surface area contributed by atoms with Gasteiger partial charge in [0.05, 0.1) is 10.5 Å². The second-order valence-electron chi connectivity index (χ2n) is 6.36.